The fraction of sp³-hybridized carbons (Fsp3) is 0.368. The molecule has 2 amide bonds. The van der Waals surface area contributed by atoms with E-state index in [9.17, 15) is 18.4 Å². The molecule has 1 saturated heterocycles. The summed E-state index contributed by atoms with van der Waals surface area (Å²) in [4.78, 5) is 34.0. The average molecular weight is 424 g/mol. The van der Waals surface area contributed by atoms with Gasteiger partial charge in [-0.05, 0) is 24.6 Å². The minimum Gasteiger partial charge on any atom is -0.353 e. The van der Waals surface area contributed by atoms with Gasteiger partial charge in [0.25, 0.3) is 12.3 Å². The zero-order valence-corrected chi connectivity index (χ0v) is 16.4. The van der Waals surface area contributed by atoms with Crippen molar-refractivity contribution in [1.82, 2.24) is 15.3 Å². The molecule has 3 rings (SSSR count). The number of carbonyl (C=O) groups excluding carboxylic acids is 2. The number of rotatable bonds is 6. The van der Waals surface area contributed by atoms with E-state index < -0.39 is 6.43 Å². The Morgan fingerprint density at radius 3 is 2.83 bits per heavy atom. The van der Waals surface area contributed by atoms with Gasteiger partial charge in [0.15, 0.2) is 0 Å². The summed E-state index contributed by atoms with van der Waals surface area (Å²) in [5, 5.41) is 5.69. The van der Waals surface area contributed by atoms with E-state index in [0.29, 0.717) is 43.1 Å². The molecule has 1 fully saturated rings. The molecule has 1 aliphatic heterocycles. The van der Waals surface area contributed by atoms with E-state index in [-0.39, 0.29) is 28.4 Å². The number of alkyl halides is 2. The number of hydrogen-bond acceptors (Lipinski definition) is 5. The average Bonchev–Trinajstić information content (AvgIpc) is 3.16. The predicted molar refractivity (Wildman–Crippen MR) is 105 cm³/mol. The SMILES string of the molecule is CCC(=O)Nc1cc(C(=O)N[C@@H]2CCN(c3ncc(C(F)F)cc3Cl)C2)ccn1. The van der Waals surface area contributed by atoms with E-state index in [1.54, 1.807) is 13.0 Å². The number of carbonyl (C=O) groups is 2. The van der Waals surface area contributed by atoms with Crippen LogP contribution in [0.3, 0.4) is 0 Å². The Labute approximate surface area is 171 Å². The molecule has 10 heteroatoms. The van der Waals surface area contributed by atoms with Gasteiger partial charge in [-0.2, -0.15) is 0 Å². The molecule has 0 bridgehead atoms. The Morgan fingerprint density at radius 2 is 2.14 bits per heavy atom. The molecule has 29 heavy (non-hydrogen) atoms. The number of hydrogen-bond donors (Lipinski definition) is 2. The topological polar surface area (TPSA) is 87.2 Å². The maximum absolute atomic E-state index is 12.8. The van der Waals surface area contributed by atoms with Gasteiger partial charge in [0.2, 0.25) is 5.91 Å². The van der Waals surface area contributed by atoms with E-state index in [1.165, 1.54) is 18.3 Å². The first-order valence-electron chi connectivity index (χ1n) is 9.12. The van der Waals surface area contributed by atoms with Crippen molar-refractivity contribution in [3.8, 4) is 0 Å². The van der Waals surface area contributed by atoms with Gasteiger partial charge in [-0.15, -0.1) is 0 Å². The van der Waals surface area contributed by atoms with Gasteiger partial charge in [0.05, 0.1) is 5.02 Å². The normalized spacial score (nSPS) is 16.2. The van der Waals surface area contributed by atoms with Gasteiger partial charge in [0.1, 0.15) is 11.6 Å². The highest BCUT2D eigenvalue weighted by molar-refractivity contribution is 6.33. The van der Waals surface area contributed by atoms with Gasteiger partial charge in [-0.3, -0.25) is 9.59 Å². The standard InChI is InChI=1S/C19H20ClF2N5O2/c1-2-16(28)26-15-8-11(3-5-23-15)19(29)25-13-4-6-27(10-13)18-14(20)7-12(9-24-18)17(21)22/h3,5,7-9,13,17H,2,4,6,10H2,1H3,(H,25,29)(H,23,26,28)/t13-/m1/s1. The highest BCUT2D eigenvalue weighted by Gasteiger charge is 2.27. The van der Waals surface area contributed by atoms with Crippen LogP contribution in [0.15, 0.2) is 30.6 Å². The van der Waals surface area contributed by atoms with E-state index in [2.05, 4.69) is 20.6 Å². The van der Waals surface area contributed by atoms with Crippen molar-refractivity contribution in [2.24, 2.45) is 0 Å². The quantitative estimate of drug-likeness (QED) is 0.743. The van der Waals surface area contributed by atoms with E-state index in [1.807, 2.05) is 4.90 Å². The molecule has 0 radical (unpaired) electrons. The van der Waals surface area contributed by atoms with Crippen LogP contribution < -0.4 is 15.5 Å². The van der Waals surface area contributed by atoms with Crippen molar-refractivity contribution in [3.63, 3.8) is 0 Å². The van der Waals surface area contributed by atoms with Crippen LogP contribution in [0.4, 0.5) is 20.4 Å². The van der Waals surface area contributed by atoms with Crippen molar-refractivity contribution < 1.29 is 18.4 Å². The highest BCUT2D eigenvalue weighted by Crippen LogP contribution is 2.30. The maximum atomic E-state index is 12.8. The predicted octanol–water partition coefficient (Wildman–Crippen LogP) is 3.42. The van der Waals surface area contributed by atoms with Gasteiger partial charge in [-0.25, -0.2) is 18.7 Å². The number of nitrogens with zero attached hydrogens (tertiary/aromatic N) is 3. The fourth-order valence-electron chi connectivity index (χ4n) is 3.01. The Bertz CT molecular complexity index is 912. The Kier molecular flexibility index (Phi) is 6.58. The van der Waals surface area contributed by atoms with Crippen LogP contribution in [0.25, 0.3) is 0 Å². The lowest BCUT2D eigenvalue weighted by Gasteiger charge is -2.19. The van der Waals surface area contributed by atoms with Crippen LogP contribution in [-0.4, -0.2) is 40.9 Å². The van der Waals surface area contributed by atoms with Crippen molar-refractivity contribution in [3.05, 3.63) is 46.7 Å². The molecule has 7 nitrogen and oxygen atoms in total. The third-order valence-electron chi connectivity index (χ3n) is 4.53. The monoisotopic (exact) mass is 423 g/mol. The number of halogens is 3. The lowest BCUT2D eigenvalue weighted by Crippen LogP contribution is -2.37. The lowest BCUT2D eigenvalue weighted by atomic mass is 10.2. The van der Waals surface area contributed by atoms with E-state index in [4.69, 9.17) is 11.6 Å². The summed E-state index contributed by atoms with van der Waals surface area (Å²) in [6.07, 6.45) is 0.901. The number of pyridine rings is 2. The smallest absolute Gasteiger partial charge is 0.265 e. The summed E-state index contributed by atoms with van der Waals surface area (Å²) in [6.45, 7) is 2.76. The van der Waals surface area contributed by atoms with Crippen molar-refractivity contribution in [2.45, 2.75) is 32.2 Å². The summed E-state index contributed by atoms with van der Waals surface area (Å²) in [7, 11) is 0. The molecular formula is C19H20ClF2N5O2. The molecule has 154 valence electrons. The zero-order valence-electron chi connectivity index (χ0n) is 15.7. The molecule has 0 aromatic carbocycles. The van der Waals surface area contributed by atoms with Crippen molar-refractivity contribution in [2.75, 3.05) is 23.3 Å². The fourth-order valence-corrected chi connectivity index (χ4v) is 3.30. The first kappa shape index (κ1) is 20.9. The first-order valence-corrected chi connectivity index (χ1v) is 9.50. The molecule has 2 N–H and O–H groups in total. The molecule has 3 heterocycles. The molecule has 1 atom stereocenters. The third-order valence-corrected chi connectivity index (χ3v) is 4.81. The van der Waals surface area contributed by atoms with Crippen LogP contribution in [0.2, 0.25) is 5.02 Å². The lowest BCUT2D eigenvalue weighted by molar-refractivity contribution is -0.115. The summed E-state index contributed by atoms with van der Waals surface area (Å²) < 4.78 is 25.5. The second kappa shape index (κ2) is 9.13. The maximum Gasteiger partial charge on any atom is 0.265 e. The van der Waals surface area contributed by atoms with Gasteiger partial charge < -0.3 is 15.5 Å². The summed E-state index contributed by atoms with van der Waals surface area (Å²) in [5.74, 6) is 0.246. The molecule has 0 saturated carbocycles. The van der Waals surface area contributed by atoms with E-state index in [0.717, 1.165) is 6.20 Å². The molecule has 0 spiro atoms. The first-order chi connectivity index (χ1) is 13.9. The number of anilines is 2. The minimum absolute atomic E-state index is 0.153. The largest absolute Gasteiger partial charge is 0.353 e. The Balaban J connectivity index is 1.62. The molecular weight excluding hydrogens is 404 g/mol. The van der Waals surface area contributed by atoms with Crippen LogP contribution in [-0.2, 0) is 4.79 Å². The molecule has 0 aliphatic carbocycles. The van der Waals surface area contributed by atoms with Crippen LogP contribution in [0.1, 0.15) is 42.1 Å². The van der Waals surface area contributed by atoms with Crippen molar-refractivity contribution >= 4 is 35.1 Å². The van der Waals surface area contributed by atoms with Gasteiger partial charge in [-0.1, -0.05) is 18.5 Å². The van der Waals surface area contributed by atoms with Crippen LogP contribution >= 0.6 is 11.6 Å². The highest BCUT2D eigenvalue weighted by atomic mass is 35.5. The second-order valence-electron chi connectivity index (χ2n) is 6.61. The van der Waals surface area contributed by atoms with Crippen LogP contribution in [0, 0.1) is 0 Å². The zero-order chi connectivity index (χ0) is 21.0. The third kappa shape index (κ3) is 5.17. The molecule has 2 aromatic heterocycles. The van der Waals surface area contributed by atoms with Crippen LogP contribution in [0.5, 0.6) is 0 Å². The Morgan fingerprint density at radius 1 is 1.34 bits per heavy atom. The van der Waals surface area contributed by atoms with Gasteiger partial charge in [0, 0.05) is 49.1 Å². The number of amides is 2. The summed E-state index contributed by atoms with van der Waals surface area (Å²) in [6, 6.07) is 4.13. The van der Waals surface area contributed by atoms with Crippen molar-refractivity contribution in [1.29, 1.82) is 0 Å². The van der Waals surface area contributed by atoms with Gasteiger partial charge >= 0.3 is 0 Å². The minimum atomic E-state index is -2.63. The molecule has 1 aliphatic rings. The number of aromatic nitrogens is 2. The second-order valence-corrected chi connectivity index (χ2v) is 7.02. The summed E-state index contributed by atoms with van der Waals surface area (Å²) >= 11 is 6.11. The molecule has 0 unspecified atom stereocenters. The molecule has 2 aromatic rings. The van der Waals surface area contributed by atoms with E-state index >= 15 is 0 Å². The Hall–Kier alpha value is -2.81. The summed E-state index contributed by atoms with van der Waals surface area (Å²) in [5.41, 5.74) is 0.147. The number of nitrogens with one attached hydrogen (secondary N) is 2.